The molecule has 0 aliphatic rings. The highest BCUT2D eigenvalue weighted by atomic mass is 79.9. The molecule has 2 aromatic carbocycles. The van der Waals surface area contributed by atoms with E-state index in [1.165, 1.54) is 0 Å². The standard InChI is InChI=1S/C15H13BrClNO/c1-9-6-7-11(16)8-12(9)15(19)18-14-5-3-4-13(17)10(14)2/h3-8H,1-2H3,(H,18,19). The largest absolute Gasteiger partial charge is 0.322 e. The van der Waals surface area contributed by atoms with Gasteiger partial charge in [-0.05, 0) is 49.2 Å². The second-order valence-corrected chi connectivity index (χ2v) is 5.65. The fourth-order valence-electron chi connectivity index (χ4n) is 1.77. The van der Waals surface area contributed by atoms with E-state index in [-0.39, 0.29) is 5.91 Å². The summed E-state index contributed by atoms with van der Waals surface area (Å²) < 4.78 is 0.881. The number of anilines is 1. The monoisotopic (exact) mass is 337 g/mol. The van der Waals surface area contributed by atoms with E-state index in [1.54, 1.807) is 6.07 Å². The SMILES string of the molecule is Cc1ccc(Br)cc1C(=O)Nc1cccc(Cl)c1C. The van der Waals surface area contributed by atoms with E-state index in [4.69, 9.17) is 11.6 Å². The summed E-state index contributed by atoms with van der Waals surface area (Å²) in [5.41, 5.74) is 3.18. The first-order chi connectivity index (χ1) is 8.99. The molecule has 0 heterocycles. The summed E-state index contributed by atoms with van der Waals surface area (Å²) in [6, 6.07) is 11.1. The van der Waals surface area contributed by atoms with Crippen molar-refractivity contribution in [2.24, 2.45) is 0 Å². The number of nitrogens with one attached hydrogen (secondary N) is 1. The molecule has 2 aromatic rings. The molecule has 0 radical (unpaired) electrons. The Morgan fingerprint density at radius 1 is 1.21 bits per heavy atom. The van der Waals surface area contributed by atoms with Gasteiger partial charge in [0.25, 0.3) is 5.91 Å². The first kappa shape index (κ1) is 14.1. The number of halogens is 2. The number of carbonyl (C=O) groups is 1. The smallest absolute Gasteiger partial charge is 0.255 e. The van der Waals surface area contributed by atoms with Crippen LogP contribution in [-0.4, -0.2) is 5.91 Å². The molecule has 0 spiro atoms. The van der Waals surface area contributed by atoms with Gasteiger partial charge in [0.2, 0.25) is 0 Å². The van der Waals surface area contributed by atoms with Gasteiger partial charge in [0.15, 0.2) is 0 Å². The van der Waals surface area contributed by atoms with Crippen LogP contribution in [0.2, 0.25) is 5.02 Å². The molecule has 19 heavy (non-hydrogen) atoms. The molecule has 0 aromatic heterocycles. The topological polar surface area (TPSA) is 29.1 Å². The van der Waals surface area contributed by atoms with Gasteiger partial charge >= 0.3 is 0 Å². The van der Waals surface area contributed by atoms with Crippen molar-refractivity contribution < 1.29 is 4.79 Å². The maximum atomic E-state index is 12.3. The second kappa shape index (κ2) is 5.76. The van der Waals surface area contributed by atoms with Crippen molar-refractivity contribution >= 4 is 39.1 Å². The molecule has 0 aliphatic heterocycles. The Morgan fingerprint density at radius 2 is 1.95 bits per heavy atom. The molecule has 2 rings (SSSR count). The van der Waals surface area contributed by atoms with Gasteiger partial charge in [-0.3, -0.25) is 4.79 Å². The minimum absolute atomic E-state index is 0.135. The molecule has 0 atom stereocenters. The number of hydrogen-bond donors (Lipinski definition) is 1. The average Bonchev–Trinajstić information content (AvgIpc) is 2.38. The third kappa shape index (κ3) is 3.17. The van der Waals surface area contributed by atoms with E-state index in [0.29, 0.717) is 10.6 Å². The predicted octanol–water partition coefficient (Wildman–Crippen LogP) is 4.97. The number of rotatable bonds is 2. The van der Waals surface area contributed by atoms with E-state index in [0.717, 1.165) is 21.3 Å². The molecule has 1 amide bonds. The van der Waals surface area contributed by atoms with Crippen molar-refractivity contribution in [1.82, 2.24) is 0 Å². The number of carbonyl (C=O) groups excluding carboxylic acids is 1. The molecule has 0 unspecified atom stereocenters. The molecule has 0 saturated heterocycles. The summed E-state index contributed by atoms with van der Waals surface area (Å²) >= 11 is 9.42. The summed E-state index contributed by atoms with van der Waals surface area (Å²) in [6.07, 6.45) is 0. The van der Waals surface area contributed by atoms with E-state index < -0.39 is 0 Å². The molecule has 0 bridgehead atoms. The summed E-state index contributed by atoms with van der Waals surface area (Å²) in [4.78, 5) is 12.3. The van der Waals surface area contributed by atoms with Crippen LogP contribution >= 0.6 is 27.5 Å². The molecule has 1 N–H and O–H groups in total. The zero-order valence-electron chi connectivity index (χ0n) is 10.6. The fraction of sp³-hybridized carbons (Fsp3) is 0.133. The highest BCUT2D eigenvalue weighted by molar-refractivity contribution is 9.10. The van der Waals surface area contributed by atoms with Gasteiger partial charge < -0.3 is 5.32 Å². The number of amides is 1. The highest BCUT2D eigenvalue weighted by Crippen LogP contribution is 2.24. The third-order valence-electron chi connectivity index (χ3n) is 2.96. The van der Waals surface area contributed by atoms with Crippen molar-refractivity contribution in [3.63, 3.8) is 0 Å². The van der Waals surface area contributed by atoms with E-state index in [9.17, 15) is 4.79 Å². The number of aryl methyl sites for hydroxylation is 1. The van der Waals surface area contributed by atoms with Crippen molar-refractivity contribution in [2.45, 2.75) is 13.8 Å². The lowest BCUT2D eigenvalue weighted by atomic mass is 10.1. The van der Waals surface area contributed by atoms with Crippen LogP contribution < -0.4 is 5.32 Å². The number of benzene rings is 2. The van der Waals surface area contributed by atoms with Crippen LogP contribution in [0.4, 0.5) is 5.69 Å². The lowest BCUT2D eigenvalue weighted by Gasteiger charge is -2.11. The molecular formula is C15H13BrClNO. The number of hydrogen-bond acceptors (Lipinski definition) is 1. The van der Waals surface area contributed by atoms with Crippen molar-refractivity contribution in [1.29, 1.82) is 0 Å². The highest BCUT2D eigenvalue weighted by Gasteiger charge is 2.11. The maximum absolute atomic E-state index is 12.3. The van der Waals surface area contributed by atoms with Crippen LogP contribution in [0, 0.1) is 13.8 Å². The van der Waals surface area contributed by atoms with E-state index in [2.05, 4.69) is 21.2 Å². The van der Waals surface area contributed by atoms with Crippen LogP contribution in [0.5, 0.6) is 0 Å². The Labute approximate surface area is 125 Å². The van der Waals surface area contributed by atoms with Gasteiger partial charge in [-0.2, -0.15) is 0 Å². The first-order valence-corrected chi connectivity index (χ1v) is 6.99. The Balaban J connectivity index is 2.31. The van der Waals surface area contributed by atoms with Gasteiger partial charge in [0.1, 0.15) is 0 Å². The Morgan fingerprint density at radius 3 is 2.68 bits per heavy atom. The Bertz CT molecular complexity index is 640. The van der Waals surface area contributed by atoms with Crippen molar-refractivity contribution in [3.05, 3.63) is 62.6 Å². The van der Waals surface area contributed by atoms with Crippen LogP contribution in [-0.2, 0) is 0 Å². The predicted molar refractivity (Wildman–Crippen MR) is 83.0 cm³/mol. The minimum atomic E-state index is -0.135. The molecule has 4 heteroatoms. The Kier molecular flexibility index (Phi) is 4.27. The zero-order chi connectivity index (χ0) is 14.0. The van der Waals surface area contributed by atoms with Gasteiger partial charge in [0.05, 0.1) is 0 Å². The van der Waals surface area contributed by atoms with Gasteiger partial charge in [-0.1, -0.05) is 39.7 Å². The molecule has 2 nitrogen and oxygen atoms in total. The second-order valence-electron chi connectivity index (χ2n) is 4.33. The molecule has 98 valence electrons. The fourth-order valence-corrected chi connectivity index (χ4v) is 2.31. The maximum Gasteiger partial charge on any atom is 0.255 e. The van der Waals surface area contributed by atoms with Crippen molar-refractivity contribution in [2.75, 3.05) is 5.32 Å². The summed E-state index contributed by atoms with van der Waals surface area (Å²) in [5.74, 6) is -0.135. The molecule has 0 saturated carbocycles. The van der Waals surface area contributed by atoms with Gasteiger partial charge in [0, 0.05) is 20.7 Å². The minimum Gasteiger partial charge on any atom is -0.322 e. The summed E-state index contributed by atoms with van der Waals surface area (Å²) in [5, 5.41) is 3.53. The average molecular weight is 339 g/mol. The quantitative estimate of drug-likeness (QED) is 0.823. The van der Waals surface area contributed by atoms with E-state index >= 15 is 0 Å². The van der Waals surface area contributed by atoms with Crippen LogP contribution in [0.3, 0.4) is 0 Å². The van der Waals surface area contributed by atoms with Gasteiger partial charge in [-0.25, -0.2) is 0 Å². The normalized spacial score (nSPS) is 10.3. The van der Waals surface area contributed by atoms with Crippen molar-refractivity contribution in [3.8, 4) is 0 Å². The summed E-state index contributed by atoms with van der Waals surface area (Å²) in [7, 11) is 0. The lowest BCUT2D eigenvalue weighted by molar-refractivity contribution is 0.102. The Hall–Kier alpha value is -1.32. The third-order valence-corrected chi connectivity index (χ3v) is 3.86. The van der Waals surface area contributed by atoms with Gasteiger partial charge in [-0.15, -0.1) is 0 Å². The van der Waals surface area contributed by atoms with Crippen LogP contribution in [0.1, 0.15) is 21.5 Å². The molecular weight excluding hydrogens is 326 g/mol. The molecule has 0 fully saturated rings. The van der Waals surface area contributed by atoms with Crippen LogP contribution in [0.15, 0.2) is 40.9 Å². The van der Waals surface area contributed by atoms with E-state index in [1.807, 2.05) is 44.2 Å². The lowest BCUT2D eigenvalue weighted by Crippen LogP contribution is -2.14. The molecule has 0 aliphatic carbocycles. The van der Waals surface area contributed by atoms with Crippen LogP contribution in [0.25, 0.3) is 0 Å². The first-order valence-electron chi connectivity index (χ1n) is 5.81. The zero-order valence-corrected chi connectivity index (χ0v) is 13.0. The summed E-state index contributed by atoms with van der Waals surface area (Å²) in [6.45, 7) is 3.79.